The molecule has 0 aliphatic heterocycles. The molecule has 1 N–H and O–H groups in total. The number of rotatable bonds is 6. The fourth-order valence-corrected chi connectivity index (χ4v) is 2.77. The van der Waals surface area contributed by atoms with E-state index in [1.165, 1.54) is 5.56 Å². The molecule has 2 aromatic rings. The number of likely N-dealkylation sites (N-methyl/N-ethyl adjacent to an activating group) is 1. The number of aromatic nitrogens is 2. The van der Waals surface area contributed by atoms with Gasteiger partial charge in [-0.25, -0.2) is 0 Å². The van der Waals surface area contributed by atoms with Gasteiger partial charge in [0.15, 0.2) is 5.96 Å². The van der Waals surface area contributed by atoms with E-state index in [1.54, 1.807) is 7.05 Å². The van der Waals surface area contributed by atoms with Crippen molar-refractivity contribution >= 4 is 17.6 Å². The average Bonchev–Trinajstić information content (AvgIpc) is 2.81. The first-order valence-corrected chi connectivity index (χ1v) is 8.59. The average molecular weight is 364 g/mol. The van der Waals surface area contributed by atoms with Gasteiger partial charge in [-0.1, -0.05) is 17.7 Å². The van der Waals surface area contributed by atoms with E-state index in [0.29, 0.717) is 24.7 Å². The van der Waals surface area contributed by atoms with Crippen molar-refractivity contribution in [1.82, 2.24) is 20.0 Å². The number of ether oxygens (including phenoxy) is 1. The monoisotopic (exact) mass is 363 g/mol. The molecule has 0 saturated heterocycles. The van der Waals surface area contributed by atoms with Crippen molar-refractivity contribution in [2.75, 3.05) is 27.2 Å². The molecule has 0 fully saturated rings. The predicted octanol–water partition coefficient (Wildman–Crippen LogP) is 2.78. The second-order valence-corrected chi connectivity index (χ2v) is 6.34. The largest absolute Gasteiger partial charge is 0.492 e. The van der Waals surface area contributed by atoms with Gasteiger partial charge in [-0.15, -0.1) is 0 Å². The minimum atomic E-state index is 0.544. The number of nitrogens with zero attached hydrogens (tertiary/aromatic N) is 4. The summed E-state index contributed by atoms with van der Waals surface area (Å²) in [5.41, 5.74) is 3.40. The SMILES string of the molecule is CN=C(NCc1c(C)nn(C)c1C)N(C)CCOc1cccc(Cl)c1. The molecule has 2 rings (SSSR count). The summed E-state index contributed by atoms with van der Waals surface area (Å²) in [5.74, 6) is 1.59. The maximum atomic E-state index is 5.96. The zero-order valence-electron chi connectivity index (χ0n) is 15.5. The molecular formula is C18H26ClN5O. The summed E-state index contributed by atoms with van der Waals surface area (Å²) >= 11 is 5.96. The molecule has 0 spiro atoms. The van der Waals surface area contributed by atoms with Crippen molar-refractivity contribution in [3.8, 4) is 5.75 Å². The van der Waals surface area contributed by atoms with Crippen LogP contribution in [0.1, 0.15) is 17.0 Å². The number of aryl methyl sites for hydroxylation is 2. The topological polar surface area (TPSA) is 54.7 Å². The van der Waals surface area contributed by atoms with Crippen LogP contribution in [0.4, 0.5) is 0 Å². The summed E-state index contributed by atoms with van der Waals surface area (Å²) in [5, 5.41) is 8.50. The maximum Gasteiger partial charge on any atom is 0.193 e. The van der Waals surface area contributed by atoms with Crippen LogP contribution in [0.15, 0.2) is 29.3 Å². The molecule has 25 heavy (non-hydrogen) atoms. The minimum Gasteiger partial charge on any atom is -0.492 e. The fourth-order valence-electron chi connectivity index (χ4n) is 2.59. The molecule has 6 nitrogen and oxygen atoms in total. The summed E-state index contributed by atoms with van der Waals surface area (Å²) in [7, 11) is 5.72. The van der Waals surface area contributed by atoms with Gasteiger partial charge in [0.05, 0.1) is 12.2 Å². The van der Waals surface area contributed by atoms with Crippen LogP contribution >= 0.6 is 11.6 Å². The van der Waals surface area contributed by atoms with Gasteiger partial charge < -0.3 is 15.0 Å². The molecule has 0 aliphatic carbocycles. The predicted molar refractivity (Wildman–Crippen MR) is 102 cm³/mol. The lowest BCUT2D eigenvalue weighted by Crippen LogP contribution is -2.40. The quantitative estimate of drug-likeness (QED) is 0.633. The molecule has 1 aromatic heterocycles. The third-order valence-electron chi connectivity index (χ3n) is 4.15. The van der Waals surface area contributed by atoms with E-state index in [-0.39, 0.29) is 0 Å². The number of hydrogen-bond donors (Lipinski definition) is 1. The highest BCUT2D eigenvalue weighted by Gasteiger charge is 2.11. The van der Waals surface area contributed by atoms with E-state index in [9.17, 15) is 0 Å². The smallest absolute Gasteiger partial charge is 0.193 e. The summed E-state index contributed by atoms with van der Waals surface area (Å²) in [6, 6.07) is 7.41. The van der Waals surface area contributed by atoms with Crippen molar-refractivity contribution in [2.24, 2.45) is 12.0 Å². The Bertz CT molecular complexity index is 741. The van der Waals surface area contributed by atoms with Crippen molar-refractivity contribution in [2.45, 2.75) is 20.4 Å². The molecular weight excluding hydrogens is 338 g/mol. The van der Waals surface area contributed by atoms with Crippen LogP contribution in [0, 0.1) is 13.8 Å². The maximum absolute atomic E-state index is 5.96. The Balaban J connectivity index is 1.85. The van der Waals surface area contributed by atoms with Gasteiger partial charge in [-0.05, 0) is 32.0 Å². The van der Waals surface area contributed by atoms with Crippen LogP contribution in [-0.4, -0.2) is 47.9 Å². The van der Waals surface area contributed by atoms with Crippen molar-refractivity contribution in [3.05, 3.63) is 46.2 Å². The van der Waals surface area contributed by atoms with E-state index in [1.807, 2.05) is 54.9 Å². The zero-order chi connectivity index (χ0) is 18.4. The summed E-state index contributed by atoms with van der Waals surface area (Å²) in [6.07, 6.45) is 0. The molecule has 1 aromatic carbocycles. The Hall–Kier alpha value is -2.21. The van der Waals surface area contributed by atoms with Crippen molar-refractivity contribution in [1.29, 1.82) is 0 Å². The number of guanidine groups is 1. The van der Waals surface area contributed by atoms with E-state index in [2.05, 4.69) is 22.3 Å². The van der Waals surface area contributed by atoms with Gasteiger partial charge >= 0.3 is 0 Å². The minimum absolute atomic E-state index is 0.544. The highest BCUT2D eigenvalue weighted by Crippen LogP contribution is 2.17. The van der Waals surface area contributed by atoms with E-state index in [0.717, 1.165) is 23.1 Å². The van der Waals surface area contributed by atoms with E-state index >= 15 is 0 Å². The summed E-state index contributed by atoms with van der Waals surface area (Å²) in [6.45, 7) is 6.04. The lowest BCUT2D eigenvalue weighted by molar-refractivity contribution is 0.281. The molecule has 0 bridgehead atoms. The molecule has 0 amide bonds. The summed E-state index contributed by atoms with van der Waals surface area (Å²) < 4.78 is 7.63. The van der Waals surface area contributed by atoms with Crippen LogP contribution in [0.25, 0.3) is 0 Å². The van der Waals surface area contributed by atoms with Gasteiger partial charge in [-0.3, -0.25) is 9.67 Å². The van der Waals surface area contributed by atoms with Gasteiger partial charge in [0, 0.05) is 44.0 Å². The van der Waals surface area contributed by atoms with E-state index in [4.69, 9.17) is 16.3 Å². The number of hydrogen-bond acceptors (Lipinski definition) is 3. The lowest BCUT2D eigenvalue weighted by Gasteiger charge is -2.22. The Morgan fingerprint density at radius 1 is 1.40 bits per heavy atom. The first-order valence-electron chi connectivity index (χ1n) is 8.21. The first-order chi connectivity index (χ1) is 11.9. The molecule has 7 heteroatoms. The number of benzene rings is 1. The third-order valence-corrected chi connectivity index (χ3v) is 4.38. The molecule has 1 heterocycles. The highest BCUT2D eigenvalue weighted by atomic mass is 35.5. The normalized spacial score (nSPS) is 11.5. The Kier molecular flexibility index (Phi) is 6.70. The number of halogens is 1. The number of nitrogens with one attached hydrogen (secondary N) is 1. The van der Waals surface area contributed by atoms with Crippen molar-refractivity contribution in [3.63, 3.8) is 0 Å². The third kappa shape index (κ3) is 5.13. The second kappa shape index (κ2) is 8.76. The molecule has 136 valence electrons. The molecule has 0 saturated carbocycles. The Labute approximate surface area is 154 Å². The van der Waals surface area contributed by atoms with Crippen LogP contribution in [-0.2, 0) is 13.6 Å². The van der Waals surface area contributed by atoms with Gasteiger partial charge in [0.25, 0.3) is 0 Å². The summed E-state index contributed by atoms with van der Waals surface area (Å²) in [4.78, 5) is 6.37. The molecule has 0 radical (unpaired) electrons. The lowest BCUT2D eigenvalue weighted by atomic mass is 10.2. The van der Waals surface area contributed by atoms with Crippen LogP contribution in [0.2, 0.25) is 5.02 Å². The van der Waals surface area contributed by atoms with Gasteiger partial charge in [0.2, 0.25) is 0 Å². The molecule has 0 atom stereocenters. The Morgan fingerprint density at radius 3 is 2.76 bits per heavy atom. The number of aliphatic imine (C=N–C) groups is 1. The van der Waals surface area contributed by atoms with Crippen LogP contribution in [0.3, 0.4) is 0 Å². The Morgan fingerprint density at radius 2 is 2.16 bits per heavy atom. The highest BCUT2D eigenvalue weighted by molar-refractivity contribution is 6.30. The van der Waals surface area contributed by atoms with Gasteiger partial charge in [0.1, 0.15) is 12.4 Å². The van der Waals surface area contributed by atoms with Gasteiger partial charge in [-0.2, -0.15) is 5.10 Å². The standard InChI is InChI=1S/C18H26ClN5O/c1-13-17(14(2)24(5)22-13)12-21-18(20-3)23(4)9-10-25-16-8-6-7-15(19)11-16/h6-8,11H,9-10,12H2,1-5H3,(H,20,21). The molecule has 0 unspecified atom stereocenters. The second-order valence-electron chi connectivity index (χ2n) is 5.90. The van der Waals surface area contributed by atoms with Crippen molar-refractivity contribution < 1.29 is 4.74 Å². The first kappa shape index (κ1) is 19.1. The fraction of sp³-hybridized carbons (Fsp3) is 0.444. The van der Waals surface area contributed by atoms with Crippen LogP contribution < -0.4 is 10.1 Å². The zero-order valence-corrected chi connectivity index (χ0v) is 16.3. The van der Waals surface area contributed by atoms with Crippen LogP contribution in [0.5, 0.6) is 5.75 Å². The van der Waals surface area contributed by atoms with E-state index < -0.39 is 0 Å². The molecule has 0 aliphatic rings.